The largest absolute Gasteiger partial charge is 0.367 e. The molecule has 0 aromatic heterocycles. The van der Waals surface area contributed by atoms with E-state index in [9.17, 15) is 4.79 Å². The lowest BCUT2D eigenvalue weighted by molar-refractivity contribution is -0.0250. The molecule has 0 fully saturated rings. The van der Waals surface area contributed by atoms with Crippen LogP contribution in [0.2, 0.25) is 5.02 Å². The lowest BCUT2D eigenvalue weighted by Crippen LogP contribution is -2.40. The topological polar surface area (TPSA) is 26.3 Å². The van der Waals surface area contributed by atoms with Crippen LogP contribution in [0.1, 0.15) is 44.0 Å². The molecule has 1 rings (SSSR count). The maximum Gasteiger partial charge on any atom is 0.196 e. The molecule has 0 aliphatic rings. The average Bonchev–Trinajstić information content (AvgIpc) is 2.36. The monoisotopic (exact) mass is 254 g/mol. The van der Waals surface area contributed by atoms with Gasteiger partial charge in [-0.3, -0.25) is 4.79 Å². The summed E-state index contributed by atoms with van der Waals surface area (Å²) in [5, 5.41) is 0.489. The van der Waals surface area contributed by atoms with Gasteiger partial charge in [0.1, 0.15) is 5.60 Å². The first-order valence-corrected chi connectivity index (χ1v) is 6.42. The second-order valence-electron chi connectivity index (χ2n) is 3.94. The molecule has 0 saturated heterocycles. The Kier molecular flexibility index (Phi) is 5.16. The molecule has 0 bridgehead atoms. The van der Waals surface area contributed by atoms with E-state index in [-0.39, 0.29) is 5.78 Å². The van der Waals surface area contributed by atoms with E-state index in [0.717, 1.165) is 0 Å². The van der Waals surface area contributed by atoms with Gasteiger partial charge in [0.2, 0.25) is 0 Å². The van der Waals surface area contributed by atoms with E-state index in [1.54, 1.807) is 12.1 Å². The number of hydrogen-bond donors (Lipinski definition) is 0. The van der Waals surface area contributed by atoms with Crippen molar-refractivity contribution in [2.75, 3.05) is 6.61 Å². The summed E-state index contributed by atoms with van der Waals surface area (Å²) in [5.41, 5.74) is -0.189. The Labute approximate surface area is 108 Å². The number of rotatable bonds is 6. The van der Waals surface area contributed by atoms with Gasteiger partial charge in [0.15, 0.2) is 5.78 Å². The molecule has 0 N–H and O–H groups in total. The Bertz CT molecular complexity index is 384. The summed E-state index contributed by atoms with van der Waals surface area (Å²) in [5.74, 6) is -0.0186. The van der Waals surface area contributed by atoms with Crippen molar-refractivity contribution in [1.82, 2.24) is 0 Å². The SMILES string of the molecule is CCOC(CC)(CC)C(=O)c1ccccc1Cl. The molecule has 0 aliphatic heterocycles. The van der Waals surface area contributed by atoms with Gasteiger partial charge in [-0.25, -0.2) is 0 Å². The van der Waals surface area contributed by atoms with Crippen LogP contribution in [0.3, 0.4) is 0 Å². The van der Waals surface area contributed by atoms with Crippen LogP contribution in [0.5, 0.6) is 0 Å². The maximum absolute atomic E-state index is 12.5. The molecule has 0 atom stereocenters. The minimum atomic E-state index is -0.736. The number of halogens is 1. The van der Waals surface area contributed by atoms with Crippen molar-refractivity contribution >= 4 is 17.4 Å². The van der Waals surface area contributed by atoms with Crippen molar-refractivity contribution < 1.29 is 9.53 Å². The smallest absolute Gasteiger partial charge is 0.196 e. The third kappa shape index (κ3) is 2.88. The van der Waals surface area contributed by atoms with E-state index >= 15 is 0 Å². The van der Waals surface area contributed by atoms with Crippen LogP contribution in [0.4, 0.5) is 0 Å². The third-order valence-corrected chi connectivity index (χ3v) is 3.42. The molecule has 0 heterocycles. The van der Waals surface area contributed by atoms with E-state index < -0.39 is 5.60 Å². The molecule has 0 amide bonds. The van der Waals surface area contributed by atoms with E-state index in [0.29, 0.717) is 30.0 Å². The van der Waals surface area contributed by atoms with Crippen LogP contribution in [0.15, 0.2) is 24.3 Å². The van der Waals surface area contributed by atoms with E-state index in [1.807, 2.05) is 32.9 Å². The van der Waals surface area contributed by atoms with Gasteiger partial charge in [0, 0.05) is 12.2 Å². The predicted molar refractivity (Wildman–Crippen MR) is 70.7 cm³/mol. The molecule has 3 heteroatoms. The molecule has 0 aliphatic carbocycles. The minimum Gasteiger partial charge on any atom is -0.367 e. The molecule has 0 saturated carbocycles. The summed E-state index contributed by atoms with van der Waals surface area (Å²) in [4.78, 5) is 12.5. The molecule has 1 aromatic rings. The van der Waals surface area contributed by atoms with Gasteiger partial charge < -0.3 is 4.74 Å². The summed E-state index contributed by atoms with van der Waals surface area (Å²) < 4.78 is 5.69. The van der Waals surface area contributed by atoms with Gasteiger partial charge in [0.05, 0.1) is 5.02 Å². The van der Waals surface area contributed by atoms with E-state index in [1.165, 1.54) is 0 Å². The molecule has 0 unspecified atom stereocenters. The zero-order valence-corrected chi connectivity index (χ0v) is 11.4. The van der Waals surface area contributed by atoms with Gasteiger partial charge >= 0.3 is 0 Å². The number of ketones is 1. The minimum absolute atomic E-state index is 0.0186. The third-order valence-electron chi connectivity index (χ3n) is 3.10. The van der Waals surface area contributed by atoms with Crippen LogP contribution in [0.25, 0.3) is 0 Å². The highest BCUT2D eigenvalue weighted by Crippen LogP contribution is 2.28. The Morgan fingerprint density at radius 3 is 2.29 bits per heavy atom. The first-order chi connectivity index (χ1) is 8.11. The Balaban J connectivity index is 3.12. The van der Waals surface area contributed by atoms with Gasteiger partial charge in [0.25, 0.3) is 0 Å². The van der Waals surface area contributed by atoms with Crippen molar-refractivity contribution in [3.63, 3.8) is 0 Å². The lowest BCUT2D eigenvalue weighted by atomic mass is 9.87. The highest BCUT2D eigenvalue weighted by Gasteiger charge is 2.36. The first kappa shape index (κ1) is 14.2. The number of Topliss-reactive ketones (excluding diaryl/α,β-unsaturated/α-hetero) is 1. The zero-order valence-electron chi connectivity index (χ0n) is 10.6. The van der Waals surface area contributed by atoms with Gasteiger partial charge in [-0.1, -0.05) is 37.6 Å². The molecule has 2 nitrogen and oxygen atoms in total. The van der Waals surface area contributed by atoms with Crippen LogP contribution in [0, 0.1) is 0 Å². The molecular weight excluding hydrogens is 236 g/mol. The van der Waals surface area contributed by atoms with E-state index in [4.69, 9.17) is 16.3 Å². The predicted octanol–water partition coefficient (Wildman–Crippen LogP) is 4.12. The Morgan fingerprint density at radius 1 is 1.24 bits per heavy atom. The highest BCUT2D eigenvalue weighted by atomic mass is 35.5. The molecule has 17 heavy (non-hydrogen) atoms. The second kappa shape index (κ2) is 6.18. The Hall–Kier alpha value is -0.860. The fourth-order valence-electron chi connectivity index (χ4n) is 2.01. The van der Waals surface area contributed by atoms with Crippen molar-refractivity contribution in [2.45, 2.75) is 39.2 Å². The van der Waals surface area contributed by atoms with Gasteiger partial charge in [-0.15, -0.1) is 0 Å². The van der Waals surface area contributed by atoms with Crippen LogP contribution < -0.4 is 0 Å². The Morgan fingerprint density at radius 2 is 1.82 bits per heavy atom. The van der Waals surface area contributed by atoms with Gasteiger partial charge in [-0.05, 0) is 31.9 Å². The fourth-order valence-corrected chi connectivity index (χ4v) is 2.23. The summed E-state index contributed by atoms with van der Waals surface area (Å²) in [6.45, 7) is 6.36. The molecular formula is C14H19ClO2. The highest BCUT2D eigenvalue weighted by molar-refractivity contribution is 6.34. The average molecular weight is 255 g/mol. The van der Waals surface area contributed by atoms with Crippen molar-refractivity contribution in [1.29, 1.82) is 0 Å². The molecule has 0 spiro atoms. The standard InChI is InChI=1S/C14H19ClO2/c1-4-14(5-2,17-6-3)13(16)11-9-7-8-10-12(11)15/h7-10H,4-6H2,1-3H3. The molecule has 1 aromatic carbocycles. The second-order valence-corrected chi connectivity index (χ2v) is 4.35. The van der Waals surface area contributed by atoms with Crippen molar-refractivity contribution in [3.05, 3.63) is 34.9 Å². The normalized spacial score (nSPS) is 11.5. The molecule has 94 valence electrons. The van der Waals surface area contributed by atoms with Crippen LogP contribution in [-0.4, -0.2) is 18.0 Å². The number of benzene rings is 1. The van der Waals surface area contributed by atoms with Crippen LogP contribution in [-0.2, 0) is 4.74 Å². The van der Waals surface area contributed by atoms with Gasteiger partial charge in [-0.2, -0.15) is 0 Å². The summed E-state index contributed by atoms with van der Waals surface area (Å²) in [6.07, 6.45) is 1.31. The number of hydrogen-bond acceptors (Lipinski definition) is 2. The van der Waals surface area contributed by atoms with Crippen LogP contribution >= 0.6 is 11.6 Å². The fraction of sp³-hybridized carbons (Fsp3) is 0.500. The number of ether oxygens (including phenoxy) is 1. The number of carbonyl (C=O) groups excluding carboxylic acids is 1. The quantitative estimate of drug-likeness (QED) is 0.714. The van der Waals surface area contributed by atoms with E-state index in [2.05, 4.69) is 0 Å². The first-order valence-electron chi connectivity index (χ1n) is 6.04. The molecule has 0 radical (unpaired) electrons. The summed E-state index contributed by atoms with van der Waals surface area (Å²) >= 11 is 6.06. The van der Waals surface area contributed by atoms with Crippen molar-refractivity contribution in [3.8, 4) is 0 Å². The summed E-state index contributed by atoms with van der Waals surface area (Å²) in [7, 11) is 0. The maximum atomic E-state index is 12.5. The lowest BCUT2D eigenvalue weighted by Gasteiger charge is -2.30. The van der Waals surface area contributed by atoms with Crippen molar-refractivity contribution in [2.24, 2.45) is 0 Å². The number of carbonyl (C=O) groups is 1. The summed E-state index contributed by atoms with van der Waals surface area (Å²) in [6, 6.07) is 7.13. The zero-order chi connectivity index (χ0) is 12.9.